The highest BCUT2D eigenvalue weighted by Gasteiger charge is 2.44. The van der Waals surface area contributed by atoms with Crippen LogP contribution in [0.1, 0.15) is 60.4 Å². The average Bonchev–Trinajstić information content (AvgIpc) is 3.49. The third-order valence-electron chi connectivity index (χ3n) is 6.82. The fourth-order valence-electron chi connectivity index (χ4n) is 5.41. The standard InChI is InChI=1S/C25H27ClN4OS/c1-15-13-19(16(2)29(15)21-14-17(26)10-11-22(21)31)24-23(20-9-5-6-12-27-20)28-25(32)30(24)18-7-3-4-8-18/h5-6,9-14,18,23-24,31H,3-4,7-8H2,1-2H3,(H,28,32)/t23-,24+/m0/s1. The van der Waals surface area contributed by atoms with Gasteiger partial charge in [-0.15, -0.1) is 0 Å². The summed E-state index contributed by atoms with van der Waals surface area (Å²) in [6, 6.07) is 13.8. The highest BCUT2D eigenvalue weighted by molar-refractivity contribution is 7.80. The normalized spacial score (nSPS) is 21.3. The highest BCUT2D eigenvalue weighted by Crippen LogP contribution is 2.45. The molecule has 0 radical (unpaired) electrons. The van der Waals surface area contributed by atoms with Crippen molar-refractivity contribution in [1.29, 1.82) is 0 Å². The number of pyridine rings is 1. The number of nitrogens with one attached hydrogen (secondary N) is 1. The molecular formula is C25H27ClN4OS. The second kappa shape index (κ2) is 8.41. The zero-order chi connectivity index (χ0) is 22.4. The van der Waals surface area contributed by atoms with Gasteiger partial charge in [-0.25, -0.2) is 0 Å². The minimum absolute atomic E-state index is 0.0294. The van der Waals surface area contributed by atoms with E-state index in [4.69, 9.17) is 23.8 Å². The minimum Gasteiger partial charge on any atom is -0.506 e. The SMILES string of the molecule is Cc1cc([C@@H]2[C@H](c3ccccn3)NC(=S)N2C2CCCC2)c(C)n1-c1cc(Cl)ccc1O. The smallest absolute Gasteiger partial charge is 0.170 e. The van der Waals surface area contributed by atoms with Gasteiger partial charge in [0, 0.05) is 28.6 Å². The highest BCUT2D eigenvalue weighted by atomic mass is 35.5. The summed E-state index contributed by atoms with van der Waals surface area (Å²) in [4.78, 5) is 7.07. The monoisotopic (exact) mass is 466 g/mol. The average molecular weight is 467 g/mol. The van der Waals surface area contributed by atoms with Crippen LogP contribution < -0.4 is 5.32 Å². The molecular weight excluding hydrogens is 440 g/mol. The molecule has 1 aliphatic carbocycles. The summed E-state index contributed by atoms with van der Waals surface area (Å²) in [5, 5.41) is 15.5. The Kier molecular flexibility index (Phi) is 5.59. The van der Waals surface area contributed by atoms with Gasteiger partial charge in [0.05, 0.1) is 23.5 Å². The van der Waals surface area contributed by atoms with Gasteiger partial charge in [-0.1, -0.05) is 30.5 Å². The molecule has 166 valence electrons. The quantitative estimate of drug-likeness (QED) is 0.478. The van der Waals surface area contributed by atoms with Gasteiger partial charge in [0.1, 0.15) is 5.75 Å². The van der Waals surface area contributed by atoms with E-state index in [1.807, 2.05) is 24.4 Å². The Hall–Kier alpha value is -2.57. The lowest BCUT2D eigenvalue weighted by atomic mass is 9.95. The Bertz CT molecular complexity index is 1160. The predicted molar refractivity (Wildman–Crippen MR) is 131 cm³/mol. The van der Waals surface area contributed by atoms with E-state index in [9.17, 15) is 5.11 Å². The van der Waals surface area contributed by atoms with Crippen molar-refractivity contribution in [3.05, 3.63) is 76.3 Å². The number of aromatic hydroxyl groups is 1. The van der Waals surface area contributed by atoms with Gasteiger partial charge < -0.3 is 19.9 Å². The molecule has 1 aliphatic heterocycles. The fraction of sp³-hybridized carbons (Fsp3) is 0.360. The van der Waals surface area contributed by atoms with Gasteiger partial charge >= 0.3 is 0 Å². The van der Waals surface area contributed by atoms with Crippen LogP contribution in [0.15, 0.2) is 48.7 Å². The van der Waals surface area contributed by atoms with Crippen LogP contribution in [-0.2, 0) is 0 Å². The van der Waals surface area contributed by atoms with E-state index < -0.39 is 0 Å². The zero-order valence-electron chi connectivity index (χ0n) is 18.3. The predicted octanol–water partition coefficient (Wildman–Crippen LogP) is 5.76. The fourth-order valence-corrected chi connectivity index (χ4v) is 5.96. The summed E-state index contributed by atoms with van der Waals surface area (Å²) in [6.07, 6.45) is 6.62. The molecule has 3 aromatic rings. The van der Waals surface area contributed by atoms with E-state index >= 15 is 0 Å². The largest absolute Gasteiger partial charge is 0.506 e. The number of hydrogen-bond acceptors (Lipinski definition) is 3. The summed E-state index contributed by atoms with van der Waals surface area (Å²) in [7, 11) is 0. The molecule has 2 aliphatic rings. The van der Waals surface area contributed by atoms with Crippen LogP contribution >= 0.6 is 23.8 Å². The van der Waals surface area contributed by atoms with Crippen molar-refractivity contribution in [2.45, 2.75) is 57.7 Å². The molecule has 1 aromatic carbocycles. The number of aryl methyl sites for hydroxylation is 1. The van der Waals surface area contributed by atoms with Crippen LogP contribution in [0.3, 0.4) is 0 Å². The van der Waals surface area contributed by atoms with Crippen molar-refractivity contribution >= 4 is 28.9 Å². The summed E-state index contributed by atoms with van der Waals surface area (Å²) < 4.78 is 2.08. The van der Waals surface area contributed by atoms with E-state index in [2.05, 4.69) is 45.7 Å². The molecule has 1 saturated carbocycles. The Morgan fingerprint density at radius 2 is 1.91 bits per heavy atom. The Morgan fingerprint density at radius 1 is 1.12 bits per heavy atom. The molecule has 1 saturated heterocycles. The molecule has 2 atom stereocenters. The maximum absolute atomic E-state index is 10.6. The number of thiocarbonyl (C=S) groups is 1. The Morgan fingerprint density at radius 3 is 2.62 bits per heavy atom. The van der Waals surface area contributed by atoms with Crippen LogP contribution in [0.2, 0.25) is 5.02 Å². The summed E-state index contributed by atoms with van der Waals surface area (Å²) in [6.45, 7) is 4.17. The van der Waals surface area contributed by atoms with Crippen LogP contribution in [0, 0.1) is 13.8 Å². The number of hydrogen-bond donors (Lipinski definition) is 2. The van der Waals surface area contributed by atoms with Crippen molar-refractivity contribution in [3.63, 3.8) is 0 Å². The van der Waals surface area contributed by atoms with E-state index in [1.54, 1.807) is 12.1 Å². The number of phenols is 1. The number of benzene rings is 1. The number of halogens is 1. The number of nitrogens with zero attached hydrogens (tertiary/aromatic N) is 3. The van der Waals surface area contributed by atoms with Gasteiger partial charge in [-0.05, 0) is 80.9 Å². The topological polar surface area (TPSA) is 53.3 Å². The van der Waals surface area contributed by atoms with Crippen LogP contribution in [0.5, 0.6) is 5.75 Å². The van der Waals surface area contributed by atoms with Crippen molar-refractivity contribution in [3.8, 4) is 11.4 Å². The number of rotatable bonds is 4. The lowest BCUT2D eigenvalue weighted by Gasteiger charge is -2.33. The molecule has 0 bridgehead atoms. The summed E-state index contributed by atoms with van der Waals surface area (Å²) in [5.74, 6) is 0.205. The Balaban J connectivity index is 1.66. The number of phenolic OH excluding ortho intramolecular Hbond substituents is 1. The third kappa shape index (κ3) is 3.55. The Labute approximate surface area is 199 Å². The molecule has 2 aromatic heterocycles. The lowest BCUT2D eigenvalue weighted by molar-refractivity contribution is 0.245. The van der Waals surface area contributed by atoms with Crippen LogP contribution in [0.4, 0.5) is 0 Å². The van der Waals surface area contributed by atoms with E-state index in [0.717, 1.165) is 35.0 Å². The molecule has 0 amide bonds. The first-order chi connectivity index (χ1) is 15.5. The maximum Gasteiger partial charge on any atom is 0.170 e. The molecule has 5 rings (SSSR count). The molecule has 3 heterocycles. The van der Waals surface area contributed by atoms with E-state index in [1.165, 1.54) is 18.4 Å². The van der Waals surface area contributed by atoms with Crippen molar-refractivity contribution < 1.29 is 5.11 Å². The third-order valence-corrected chi connectivity index (χ3v) is 7.38. The number of aromatic nitrogens is 2. The first-order valence-electron chi connectivity index (χ1n) is 11.1. The summed E-state index contributed by atoms with van der Waals surface area (Å²) >= 11 is 12.1. The second-order valence-electron chi connectivity index (χ2n) is 8.77. The zero-order valence-corrected chi connectivity index (χ0v) is 19.8. The molecule has 5 nitrogen and oxygen atoms in total. The molecule has 2 fully saturated rings. The van der Waals surface area contributed by atoms with Crippen LogP contribution in [0.25, 0.3) is 5.69 Å². The van der Waals surface area contributed by atoms with Gasteiger partial charge in [-0.3, -0.25) is 4.98 Å². The first-order valence-corrected chi connectivity index (χ1v) is 11.9. The second-order valence-corrected chi connectivity index (χ2v) is 9.59. The van der Waals surface area contributed by atoms with Gasteiger partial charge in [0.15, 0.2) is 5.11 Å². The minimum atomic E-state index is -0.0359. The molecule has 7 heteroatoms. The van der Waals surface area contributed by atoms with Gasteiger partial charge in [0.25, 0.3) is 0 Å². The lowest BCUT2D eigenvalue weighted by Crippen LogP contribution is -2.37. The maximum atomic E-state index is 10.6. The van der Waals surface area contributed by atoms with Crippen molar-refractivity contribution in [1.82, 2.24) is 19.8 Å². The molecule has 0 unspecified atom stereocenters. The van der Waals surface area contributed by atoms with Crippen molar-refractivity contribution in [2.24, 2.45) is 0 Å². The van der Waals surface area contributed by atoms with E-state index in [0.29, 0.717) is 16.8 Å². The van der Waals surface area contributed by atoms with Gasteiger partial charge in [-0.2, -0.15) is 0 Å². The summed E-state index contributed by atoms with van der Waals surface area (Å²) in [5.41, 5.74) is 4.97. The van der Waals surface area contributed by atoms with Crippen molar-refractivity contribution in [2.75, 3.05) is 0 Å². The molecule has 2 N–H and O–H groups in total. The molecule has 32 heavy (non-hydrogen) atoms. The van der Waals surface area contributed by atoms with E-state index in [-0.39, 0.29) is 17.8 Å². The molecule has 0 spiro atoms. The van der Waals surface area contributed by atoms with Gasteiger partial charge in [0.2, 0.25) is 0 Å². The first kappa shape index (κ1) is 21.3. The van der Waals surface area contributed by atoms with Crippen LogP contribution in [-0.4, -0.2) is 30.7 Å².